The number of aromatic nitrogens is 4. The van der Waals surface area contributed by atoms with Crippen LogP contribution in [0.25, 0.3) is 5.52 Å². The first-order valence-corrected chi connectivity index (χ1v) is 8.40. The Balaban J connectivity index is 1.94. The lowest BCUT2D eigenvalue weighted by atomic mass is 9.92. The van der Waals surface area contributed by atoms with E-state index in [1.165, 1.54) is 0 Å². The fourth-order valence-electron chi connectivity index (χ4n) is 2.68. The molecule has 0 bridgehead atoms. The highest BCUT2D eigenvalue weighted by Gasteiger charge is 2.30. The van der Waals surface area contributed by atoms with E-state index in [2.05, 4.69) is 25.7 Å². The average Bonchev–Trinajstić information content (AvgIpc) is 2.84. The molecule has 2 aromatic rings. The van der Waals surface area contributed by atoms with Crippen LogP contribution in [0.5, 0.6) is 0 Å². The fraction of sp³-hybridized carbons (Fsp3) is 0.667. The molecular weight excluding hydrogens is 335 g/mol. The van der Waals surface area contributed by atoms with Crippen LogP contribution in [0, 0.1) is 0 Å². The van der Waals surface area contributed by atoms with E-state index < -0.39 is 11.8 Å². The number of halogens is 2. The Morgan fingerprint density at radius 1 is 1.54 bits per heavy atom. The van der Waals surface area contributed by atoms with Crippen LogP contribution in [0.3, 0.4) is 0 Å². The van der Waals surface area contributed by atoms with E-state index in [1.54, 1.807) is 24.6 Å². The van der Waals surface area contributed by atoms with Crippen LogP contribution < -0.4 is 10.6 Å². The normalized spacial score (nSPS) is 23.4. The van der Waals surface area contributed by atoms with E-state index >= 15 is 0 Å². The summed E-state index contributed by atoms with van der Waals surface area (Å²) in [6.45, 7) is 6.33. The second-order valence-electron chi connectivity index (χ2n) is 6.77. The maximum Gasteiger partial charge on any atom is 0.241 e. The first-order chi connectivity index (χ1) is 11.3. The highest BCUT2D eigenvalue weighted by molar-refractivity contribution is 6.32. The maximum atomic E-state index is 14.0. The van der Waals surface area contributed by atoms with Crippen molar-refractivity contribution in [3.8, 4) is 0 Å². The van der Waals surface area contributed by atoms with Gasteiger partial charge in [-0.1, -0.05) is 18.5 Å². The molecule has 7 nitrogen and oxygen atoms in total. The zero-order valence-corrected chi connectivity index (χ0v) is 14.7. The van der Waals surface area contributed by atoms with Crippen molar-refractivity contribution in [1.82, 2.24) is 24.9 Å². The monoisotopic (exact) mass is 356 g/mol. The summed E-state index contributed by atoms with van der Waals surface area (Å²) in [5, 5.41) is 21.0. The molecule has 3 rings (SSSR count). The van der Waals surface area contributed by atoms with E-state index in [4.69, 9.17) is 11.6 Å². The lowest BCUT2D eigenvalue weighted by Gasteiger charge is -2.27. The minimum atomic E-state index is -1.00. The number of piperidine rings is 1. The maximum absolute atomic E-state index is 14.0. The molecule has 9 heteroatoms. The number of hydrogen-bond acceptors (Lipinski definition) is 6. The molecule has 0 spiro atoms. The third kappa shape index (κ3) is 3.31. The van der Waals surface area contributed by atoms with Gasteiger partial charge in [-0.15, -0.1) is 5.10 Å². The summed E-state index contributed by atoms with van der Waals surface area (Å²) >= 11 is 6.16. The number of aliphatic hydroxyl groups is 1. The van der Waals surface area contributed by atoms with Gasteiger partial charge in [0.15, 0.2) is 5.15 Å². The molecule has 1 saturated heterocycles. The van der Waals surface area contributed by atoms with Gasteiger partial charge in [0, 0.05) is 12.5 Å². The zero-order chi connectivity index (χ0) is 17.5. The van der Waals surface area contributed by atoms with Crippen molar-refractivity contribution >= 4 is 23.1 Å². The standard InChI is InChI=1S/C15H22ClFN6O/c1-8(15(2,3)24)13-21-12(16)11-7-19-14(22-23(11)13)20-10-4-5-18-6-9(10)17/h7-10,18,24H,4-6H2,1-3H3,(H,20,22)/t8?,9-,10-/m1/s1. The highest BCUT2D eigenvalue weighted by atomic mass is 35.5. The van der Waals surface area contributed by atoms with Crippen LogP contribution in [-0.2, 0) is 0 Å². The highest BCUT2D eigenvalue weighted by Crippen LogP contribution is 2.29. The number of rotatable bonds is 4. The molecule has 24 heavy (non-hydrogen) atoms. The Kier molecular flexibility index (Phi) is 4.63. The SMILES string of the molecule is CC(c1nc(Cl)c2cnc(N[C@@H]3CCNC[C@H]3F)nn12)C(C)(C)O. The van der Waals surface area contributed by atoms with Crippen LogP contribution >= 0.6 is 11.6 Å². The van der Waals surface area contributed by atoms with E-state index in [0.717, 1.165) is 6.54 Å². The molecule has 0 radical (unpaired) electrons. The Labute approximate surface area is 144 Å². The topological polar surface area (TPSA) is 87.4 Å². The van der Waals surface area contributed by atoms with E-state index in [9.17, 15) is 9.50 Å². The van der Waals surface area contributed by atoms with Crippen molar-refractivity contribution in [2.75, 3.05) is 18.4 Å². The van der Waals surface area contributed by atoms with E-state index in [0.29, 0.717) is 30.3 Å². The molecule has 0 amide bonds. The Morgan fingerprint density at radius 2 is 2.29 bits per heavy atom. The predicted octanol–water partition coefficient (Wildman–Crippen LogP) is 1.76. The molecular formula is C15H22ClFN6O. The zero-order valence-electron chi connectivity index (χ0n) is 13.9. The predicted molar refractivity (Wildman–Crippen MR) is 90.3 cm³/mol. The second-order valence-corrected chi connectivity index (χ2v) is 7.13. The third-order valence-corrected chi connectivity index (χ3v) is 4.82. The largest absolute Gasteiger partial charge is 0.390 e. The van der Waals surface area contributed by atoms with Crippen molar-refractivity contribution in [3.05, 3.63) is 17.2 Å². The van der Waals surface area contributed by atoms with Gasteiger partial charge in [-0.2, -0.15) is 0 Å². The fourth-order valence-corrected chi connectivity index (χ4v) is 2.90. The number of hydrogen-bond donors (Lipinski definition) is 3. The Morgan fingerprint density at radius 3 is 2.96 bits per heavy atom. The quantitative estimate of drug-likeness (QED) is 0.773. The van der Waals surface area contributed by atoms with Gasteiger partial charge in [0.25, 0.3) is 0 Å². The van der Waals surface area contributed by atoms with Crippen LogP contribution in [0.2, 0.25) is 5.15 Å². The van der Waals surface area contributed by atoms with Gasteiger partial charge in [-0.3, -0.25) is 0 Å². The number of nitrogens with one attached hydrogen (secondary N) is 2. The number of fused-ring (bicyclic) bond motifs is 1. The molecule has 1 fully saturated rings. The molecule has 3 heterocycles. The van der Waals surface area contributed by atoms with Crippen molar-refractivity contribution < 1.29 is 9.50 Å². The molecule has 3 atom stereocenters. The first-order valence-electron chi connectivity index (χ1n) is 8.02. The van der Waals surface area contributed by atoms with Crippen LogP contribution in [0.15, 0.2) is 6.20 Å². The smallest absolute Gasteiger partial charge is 0.241 e. The Bertz CT molecular complexity index is 731. The third-order valence-electron chi connectivity index (χ3n) is 4.54. The number of alkyl halides is 1. The summed E-state index contributed by atoms with van der Waals surface area (Å²) in [6.07, 6.45) is 1.21. The van der Waals surface area contributed by atoms with E-state index in [1.807, 2.05) is 6.92 Å². The summed E-state index contributed by atoms with van der Waals surface area (Å²) in [5.41, 5.74) is -0.433. The number of anilines is 1. The van der Waals surface area contributed by atoms with Gasteiger partial charge in [0.2, 0.25) is 5.95 Å². The molecule has 0 aromatic carbocycles. The lowest BCUT2D eigenvalue weighted by Crippen LogP contribution is -2.45. The van der Waals surface area contributed by atoms with E-state index in [-0.39, 0.29) is 17.1 Å². The summed E-state index contributed by atoms with van der Waals surface area (Å²) in [5.74, 6) is 0.554. The van der Waals surface area contributed by atoms with Crippen molar-refractivity contribution in [1.29, 1.82) is 0 Å². The molecule has 2 aromatic heterocycles. The molecule has 3 N–H and O–H groups in total. The summed E-state index contributed by atoms with van der Waals surface area (Å²) in [4.78, 5) is 8.53. The molecule has 0 aliphatic carbocycles. The van der Waals surface area contributed by atoms with Crippen molar-refractivity contribution in [2.45, 2.75) is 50.9 Å². The second kappa shape index (κ2) is 6.42. The van der Waals surface area contributed by atoms with Gasteiger partial charge in [0.1, 0.15) is 17.5 Å². The first kappa shape index (κ1) is 17.3. The van der Waals surface area contributed by atoms with Crippen molar-refractivity contribution in [3.63, 3.8) is 0 Å². The molecule has 1 unspecified atom stereocenters. The molecule has 1 aliphatic heterocycles. The molecule has 0 saturated carbocycles. The molecule has 1 aliphatic rings. The number of nitrogens with zero attached hydrogens (tertiary/aromatic N) is 4. The van der Waals surface area contributed by atoms with Crippen molar-refractivity contribution in [2.24, 2.45) is 0 Å². The van der Waals surface area contributed by atoms with Crippen LogP contribution in [0.4, 0.5) is 10.3 Å². The number of imidazole rings is 1. The van der Waals surface area contributed by atoms with Crippen LogP contribution in [0.1, 0.15) is 38.9 Å². The summed E-state index contributed by atoms with van der Waals surface area (Å²) in [6, 6.07) is -0.335. The Hall–Kier alpha value is -1.51. The van der Waals surface area contributed by atoms with Gasteiger partial charge in [-0.05, 0) is 26.8 Å². The molecule has 132 valence electrons. The minimum Gasteiger partial charge on any atom is -0.390 e. The van der Waals surface area contributed by atoms with Gasteiger partial charge < -0.3 is 15.7 Å². The van der Waals surface area contributed by atoms with Gasteiger partial charge in [0.05, 0.1) is 17.8 Å². The van der Waals surface area contributed by atoms with Gasteiger partial charge >= 0.3 is 0 Å². The average molecular weight is 357 g/mol. The van der Waals surface area contributed by atoms with Gasteiger partial charge in [-0.25, -0.2) is 18.9 Å². The summed E-state index contributed by atoms with van der Waals surface area (Å²) < 4.78 is 15.5. The lowest BCUT2D eigenvalue weighted by molar-refractivity contribution is 0.0525. The minimum absolute atomic E-state index is 0.276. The van der Waals surface area contributed by atoms with Crippen LogP contribution in [-0.4, -0.2) is 55.6 Å². The summed E-state index contributed by atoms with van der Waals surface area (Å²) in [7, 11) is 0.